The summed E-state index contributed by atoms with van der Waals surface area (Å²) in [4.78, 5) is 0. The molecule has 0 aliphatic carbocycles. The summed E-state index contributed by atoms with van der Waals surface area (Å²) < 4.78 is 17.6. The van der Waals surface area contributed by atoms with E-state index in [9.17, 15) is 0 Å². The summed E-state index contributed by atoms with van der Waals surface area (Å²) in [5, 5.41) is 3.45. The minimum absolute atomic E-state index is 0.455. The van der Waals surface area contributed by atoms with E-state index in [1.807, 2.05) is 20.8 Å². The highest BCUT2D eigenvalue weighted by atomic mass is 28.4. The molecule has 0 saturated heterocycles. The molecule has 0 aromatic carbocycles. The van der Waals surface area contributed by atoms with Gasteiger partial charge in [-0.1, -0.05) is 6.92 Å². The zero-order valence-electron chi connectivity index (χ0n) is 13.0. The Balaban J connectivity index is 4.42. The smallest absolute Gasteiger partial charge is 0.374 e. The molecular formula is C13H32N2O3Si. The van der Waals surface area contributed by atoms with Crippen molar-refractivity contribution in [2.24, 2.45) is 5.73 Å². The zero-order chi connectivity index (χ0) is 14.6. The highest BCUT2D eigenvalue weighted by Crippen LogP contribution is 2.20. The molecule has 19 heavy (non-hydrogen) atoms. The van der Waals surface area contributed by atoms with Crippen molar-refractivity contribution in [1.29, 1.82) is 0 Å². The van der Waals surface area contributed by atoms with Crippen LogP contribution in [-0.4, -0.2) is 47.8 Å². The van der Waals surface area contributed by atoms with E-state index in [0.29, 0.717) is 32.4 Å². The van der Waals surface area contributed by atoms with Gasteiger partial charge in [0.15, 0.2) is 0 Å². The van der Waals surface area contributed by atoms with Crippen LogP contribution < -0.4 is 11.1 Å². The van der Waals surface area contributed by atoms with Gasteiger partial charge in [0.1, 0.15) is 0 Å². The van der Waals surface area contributed by atoms with Crippen molar-refractivity contribution in [2.45, 2.75) is 52.6 Å². The summed E-state index contributed by atoms with van der Waals surface area (Å²) in [6.45, 7) is 11.6. The first-order valence-corrected chi connectivity index (χ1v) is 9.46. The molecule has 0 aromatic heterocycles. The Labute approximate surface area is 119 Å². The average molecular weight is 292 g/mol. The van der Waals surface area contributed by atoms with Gasteiger partial charge >= 0.3 is 8.80 Å². The third-order valence-corrected chi connectivity index (χ3v) is 6.05. The predicted molar refractivity (Wildman–Crippen MR) is 81.2 cm³/mol. The van der Waals surface area contributed by atoms with E-state index in [-0.39, 0.29) is 0 Å². The topological polar surface area (TPSA) is 65.7 Å². The lowest BCUT2D eigenvalue weighted by Crippen LogP contribution is -2.47. The monoisotopic (exact) mass is 292 g/mol. The van der Waals surface area contributed by atoms with Crippen LogP contribution in [0.15, 0.2) is 0 Å². The molecule has 0 bridgehead atoms. The summed E-state index contributed by atoms with van der Waals surface area (Å²) in [7, 11) is -2.49. The molecule has 0 aliphatic heterocycles. The van der Waals surface area contributed by atoms with E-state index in [2.05, 4.69) is 12.2 Å². The van der Waals surface area contributed by atoms with Crippen molar-refractivity contribution in [1.82, 2.24) is 5.32 Å². The average Bonchev–Trinajstić information content (AvgIpc) is 2.40. The molecule has 0 aromatic rings. The van der Waals surface area contributed by atoms with E-state index in [4.69, 9.17) is 19.0 Å². The second-order valence-electron chi connectivity index (χ2n) is 4.37. The van der Waals surface area contributed by atoms with Crippen LogP contribution in [0.3, 0.4) is 0 Å². The SMILES string of the molecule is CCO[Si](CCC(CC)NCCN)(OCC)OCC. The van der Waals surface area contributed by atoms with Crippen LogP contribution in [0.25, 0.3) is 0 Å². The van der Waals surface area contributed by atoms with Gasteiger partial charge in [-0.15, -0.1) is 0 Å². The van der Waals surface area contributed by atoms with E-state index >= 15 is 0 Å². The van der Waals surface area contributed by atoms with Crippen LogP contribution in [0.2, 0.25) is 6.04 Å². The minimum Gasteiger partial charge on any atom is -0.374 e. The Kier molecular flexibility index (Phi) is 11.8. The lowest BCUT2D eigenvalue weighted by atomic mass is 10.2. The molecule has 0 fully saturated rings. The first-order valence-electron chi connectivity index (χ1n) is 7.53. The van der Waals surface area contributed by atoms with Gasteiger partial charge < -0.3 is 24.3 Å². The van der Waals surface area contributed by atoms with Crippen molar-refractivity contribution in [3.05, 3.63) is 0 Å². The predicted octanol–water partition coefficient (Wildman–Crippen LogP) is 1.75. The number of hydrogen-bond donors (Lipinski definition) is 2. The van der Waals surface area contributed by atoms with Gasteiger partial charge in [0, 0.05) is 45.0 Å². The van der Waals surface area contributed by atoms with Crippen molar-refractivity contribution in [3.63, 3.8) is 0 Å². The van der Waals surface area contributed by atoms with Gasteiger partial charge in [-0.25, -0.2) is 0 Å². The van der Waals surface area contributed by atoms with Crippen molar-refractivity contribution >= 4 is 8.80 Å². The highest BCUT2D eigenvalue weighted by Gasteiger charge is 2.40. The van der Waals surface area contributed by atoms with Crippen molar-refractivity contribution in [3.8, 4) is 0 Å². The molecule has 1 unspecified atom stereocenters. The molecule has 3 N–H and O–H groups in total. The van der Waals surface area contributed by atoms with Gasteiger partial charge in [-0.3, -0.25) is 0 Å². The molecule has 116 valence electrons. The van der Waals surface area contributed by atoms with Gasteiger partial charge in [0.25, 0.3) is 0 Å². The molecule has 0 heterocycles. The Bertz CT molecular complexity index is 191. The minimum atomic E-state index is -2.49. The van der Waals surface area contributed by atoms with Crippen LogP contribution in [0.5, 0.6) is 0 Å². The Hall–Kier alpha value is 0.0169. The standard InChI is InChI=1S/C13H32N2O3Si/c1-5-13(15-11-10-14)9-12-19(16-6-2,17-7-3)18-8-4/h13,15H,5-12,14H2,1-4H3. The lowest BCUT2D eigenvalue weighted by Gasteiger charge is -2.30. The number of nitrogens with two attached hydrogens (primary N) is 1. The fourth-order valence-electron chi connectivity index (χ4n) is 2.09. The van der Waals surface area contributed by atoms with Crippen LogP contribution in [0, 0.1) is 0 Å². The summed E-state index contributed by atoms with van der Waals surface area (Å²) in [6.07, 6.45) is 2.08. The zero-order valence-corrected chi connectivity index (χ0v) is 14.0. The molecule has 5 nitrogen and oxygen atoms in total. The summed E-state index contributed by atoms with van der Waals surface area (Å²) in [5.41, 5.74) is 5.53. The molecule has 0 aliphatic rings. The van der Waals surface area contributed by atoms with Gasteiger partial charge in [-0.2, -0.15) is 0 Å². The number of nitrogens with one attached hydrogen (secondary N) is 1. The normalized spacial score (nSPS) is 13.7. The fourth-order valence-corrected chi connectivity index (χ4v) is 4.79. The largest absolute Gasteiger partial charge is 0.500 e. The summed E-state index contributed by atoms with van der Waals surface area (Å²) >= 11 is 0. The van der Waals surface area contributed by atoms with Crippen molar-refractivity contribution < 1.29 is 13.3 Å². The summed E-state index contributed by atoms with van der Waals surface area (Å²) in [5.74, 6) is 0. The Morgan fingerprint density at radius 3 is 1.89 bits per heavy atom. The maximum atomic E-state index is 5.85. The Morgan fingerprint density at radius 2 is 1.53 bits per heavy atom. The van der Waals surface area contributed by atoms with E-state index < -0.39 is 8.80 Å². The first-order chi connectivity index (χ1) is 9.17. The van der Waals surface area contributed by atoms with Gasteiger partial charge in [0.05, 0.1) is 0 Å². The van der Waals surface area contributed by atoms with Gasteiger partial charge in [0.2, 0.25) is 0 Å². The molecule has 0 radical (unpaired) electrons. The van der Waals surface area contributed by atoms with Crippen LogP contribution in [0.4, 0.5) is 0 Å². The maximum absolute atomic E-state index is 5.85. The second kappa shape index (κ2) is 11.8. The van der Waals surface area contributed by atoms with E-state index in [1.165, 1.54) is 0 Å². The molecular weight excluding hydrogens is 260 g/mol. The third-order valence-electron chi connectivity index (χ3n) is 2.96. The summed E-state index contributed by atoms with van der Waals surface area (Å²) in [6, 6.07) is 1.32. The first kappa shape index (κ1) is 19.0. The molecule has 1 atom stereocenters. The number of hydrogen-bond acceptors (Lipinski definition) is 5. The molecule has 0 saturated carbocycles. The van der Waals surface area contributed by atoms with Crippen LogP contribution in [0.1, 0.15) is 40.5 Å². The Morgan fingerprint density at radius 1 is 1.00 bits per heavy atom. The van der Waals surface area contributed by atoms with E-state index in [1.54, 1.807) is 0 Å². The molecule has 0 rings (SSSR count). The molecule has 6 heteroatoms. The second-order valence-corrected chi connectivity index (χ2v) is 7.10. The van der Waals surface area contributed by atoms with Crippen LogP contribution >= 0.6 is 0 Å². The maximum Gasteiger partial charge on any atom is 0.500 e. The number of rotatable bonds is 13. The quantitative estimate of drug-likeness (QED) is 0.506. The highest BCUT2D eigenvalue weighted by molar-refractivity contribution is 6.60. The van der Waals surface area contributed by atoms with Crippen LogP contribution in [-0.2, 0) is 13.3 Å². The van der Waals surface area contributed by atoms with Gasteiger partial charge in [-0.05, 0) is 33.6 Å². The third kappa shape index (κ3) is 8.01. The molecule has 0 spiro atoms. The van der Waals surface area contributed by atoms with E-state index in [0.717, 1.165) is 25.4 Å². The molecule has 0 amide bonds. The van der Waals surface area contributed by atoms with Crippen molar-refractivity contribution in [2.75, 3.05) is 32.9 Å². The fraction of sp³-hybridized carbons (Fsp3) is 1.00. The lowest BCUT2D eigenvalue weighted by molar-refractivity contribution is 0.0700.